The average Bonchev–Trinajstić information content (AvgIpc) is 3.20. The number of nitrogens with zero attached hydrogens (tertiary/aromatic N) is 4. The minimum absolute atomic E-state index is 0.113. The van der Waals surface area contributed by atoms with Gasteiger partial charge in [0.2, 0.25) is 11.8 Å². The van der Waals surface area contributed by atoms with Crippen molar-refractivity contribution in [2.24, 2.45) is 7.05 Å². The molecule has 7 nitrogen and oxygen atoms in total. The third-order valence-corrected chi connectivity index (χ3v) is 4.00. The molecule has 1 aliphatic rings. The fourth-order valence-corrected chi connectivity index (χ4v) is 2.77. The first kappa shape index (κ1) is 18.0. The zero-order chi connectivity index (χ0) is 18.9. The van der Waals surface area contributed by atoms with Crippen molar-refractivity contribution in [1.29, 1.82) is 0 Å². The Hall–Kier alpha value is -2.78. The molecule has 1 amide bonds. The van der Waals surface area contributed by atoms with Crippen molar-refractivity contribution in [2.75, 3.05) is 20.2 Å². The fraction of sp³-hybridized carbons (Fsp3) is 0.438. The molecule has 0 saturated carbocycles. The van der Waals surface area contributed by atoms with Crippen LogP contribution in [0.25, 0.3) is 0 Å². The van der Waals surface area contributed by atoms with Crippen molar-refractivity contribution in [3.63, 3.8) is 0 Å². The SMILES string of the molecule is COc1nn(C)cc1C(=O)N1CCC(Oc2cc(C(F)(F)F)ccn2)C1. The highest BCUT2D eigenvalue weighted by molar-refractivity contribution is 5.96. The monoisotopic (exact) mass is 370 g/mol. The number of hydrogen-bond donors (Lipinski definition) is 0. The molecule has 26 heavy (non-hydrogen) atoms. The maximum atomic E-state index is 12.8. The molecule has 3 heterocycles. The van der Waals surface area contributed by atoms with Crippen LogP contribution in [-0.4, -0.2) is 51.9 Å². The maximum absolute atomic E-state index is 12.8. The van der Waals surface area contributed by atoms with Crippen LogP contribution in [0.2, 0.25) is 0 Å². The second-order valence-corrected chi connectivity index (χ2v) is 5.89. The van der Waals surface area contributed by atoms with Gasteiger partial charge in [0.1, 0.15) is 11.7 Å². The highest BCUT2D eigenvalue weighted by Gasteiger charge is 2.33. The van der Waals surface area contributed by atoms with Crippen LogP contribution in [0.3, 0.4) is 0 Å². The second kappa shape index (κ2) is 6.85. The van der Waals surface area contributed by atoms with E-state index in [1.807, 2.05) is 0 Å². The zero-order valence-corrected chi connectivity index (χ0v) is 14.2. The van der Waals surface area contributed by atoms with E-state index in [1.54, 1.807) is 18.1 Å². The van der Waals surface area contributed by atoms with Gasteiger partial charge in [-0.2, -0.15) is 13.2 Å². The van der Waals surface area contributed by atoms with Crippen LogP contribution in [0.4, 0.5) is 13.2 Å². The summed E-state index contributed by atoms with van der Waals surface area (Å²) < 4.78 is 50.4. The number of amides is 1. The number of aryl methyl sites for hydroxylation is 1. The van der Waals surface area contributed by atoms with Gasteiger partial charge in [-0.15, -0.1) is 5.10 Å². The van der Waals surface area contributed by atoms with Crippen LogP contribution in [0, 0.1) is 0 Å². The number of rotatable bonds is 4. The number of hydrogen-bond acceptors (Lipinski definition) is 5. The van der Waals surface area contributed by atoms with Crippen molar-refractivity contribution in [3.05, 3.63) is 35.7 Å². The van der Waals surface area contributed by atoms with Gasteiger partial charge in [0.25, 0.3) is 5.91 Å². The quantitative estimate of drug-likeness (QED) is 0.825. The van der Waals surface area contributed by atoms with Gasteiger partial charge in [-0.25, -0.2) is 4.98 Å². The Balaban J connectivity index is 1.66. The predicted octanol–water partition coefficient (Wildman–Crippen LogP) is 2.14. The van der Waals surface area contributed by atoms with E-state index in [9.17, 15) is 18.0 Å². The average molecular weight is 370 g/mol. The fourth-order valence-electron chi connectivity index (χ4n) is 2.77. The van der Waals surface area contributed by atoms with E-state index in [1.165, 1.54) is 11.8 Å². The van der Waals surface area contributed by atoms with E-state index in [2.05, 4.69) is 10.1 Å². The number of methoxy groups -OCH3 is 1. The highest BCUT2D eigenvalue weighted by Crippen LogP contribution is 2.31. The highest BCUT2D eigenvalue weighted by atomic mass is 19.4. The molecule has 0 N–H and O–H groups in total. The molecule has 0 aliphatic carbocycles. The van der Waals surface area contributed by atoms with E-state index in [4.69, 9.17) is 9.47 Å². The molecule has 0 spiro atoms. The molecule has 140 valence electrons. The van der Waals surface area contributed by atoms with Crippen molar-refractivity contribution >= 4 is 5.91 Å². The van der Waals surface area contributed by atoms with Gasteiger partial charge in [-0.1, -0.05) is 0 Å². The molecule has 1 unspecified atom stereocenters. The minimum Gasteiger partial charge on any atom is -0.479 e. The second-order valence-electron chi connectivity index (χ2n) is 5.89. The Morgan fingerprint density at radius 3 is 2.85 bits per heavy atom. The third kappa shape index (κ3) is 3.73. The zero-order valence-electron chi connectivity index (χ0n) is 14.2. The van der Waals surface area contributed by atoms with Crippen molar-refractivity contribution in [1.82, 2.24) is 19.7 Å². The molecule has 2 aromatic heterocycles. The van der Waals surface area contributed by atoms with E-state index in [-0.39, 0.29) is 24.2 Å². The normalized spacial score (nSPS) is 17.4. The minimum atomic E-state index is -4.46. The molecule has 1 atom stereocenters. The summed E-state index contributed by atoms with van der Waals surface area (Å²) in [6.45, 7) is 0.662. The summed E-state index contributed by atoms with van der Waals surface area (Å²) in [6, 6.07) is 1.74. The Kier molecular flexibility index (Phi) is 4.75. The van der Waals surface area contributed by atoms with Gasteiger partial charge >= 0.3 is 6.18 Å². The summed E-state index contributed by atoms with van der Waals surface area (Å²) >= 11 is 0. The topological polar surface area (TPSA) is 69.5 Å². The molecular formula is C16H17F3N4O3. The molecule has 10 heteroatoms. The van der Waals surface area contributed by atoms with Gasteiger partial charge in [0, 0.05) is 38.5 Å². The lowest BCUT2D eigenvalue weighted by atomic mass is 10.2. The first-order valence-electron chi connectivity index (χ1n) is 7.84. The number of pyridine rings is 1. The lowest BCUT2D eigenvalue weighted by Crippen LogP contribution is -2.31. The van der Waals surface area contributed by atoms with Gasteiger partial charge in [0.05, 0.1) is 19.2 Å². The Labute approximate surface area is 147 Å². The number of halogens is 3. The van der Waals surface area contributed by atoms with E-state index < -0.39 is 17.8 Å². The molecule has 2 aromatic rings. The van der Waals surface area contributed by atoms with Crippen LogP contribution in [-0.2, 0) is 13.2 Å². The largest absolute Gasteiger partial charge is 0.479 e. The van der Waals surface area contributed by atoms with Gasteiger partial charge < -0.3 is 14.4 Å². The van der Waals surface area contributed by atoms with Gasteiger partial charge in [0.15, 0.2) is 0 Å². The summed E-state index contributed by atoms with van der Waals surface area (Å²) in [5.74, 6) is -0.155. The van der Waals surface area contributed by atoms with Crippen LogP contribution in [0.1, 0.15) is 22.3 Å². The van der Waals surface area contributed by atoms with Crippen molar-refractivity contribution in [3.8, 4) is 11.8 Å². The molecule has 1 aliphatic heterocycles. The van der Waals surface area contributed by atoms with E-state index >= 15 is 0 Å². The molecule has 0 radical (unpaired) electrons. The van der Waals surface area contributed by atoms with Gasteiger partial charge in [-0.3, -0.25) is 9.48 Å². The Morgan fingerprint density at radius 2 is 2.15 bits per heavy atom. The summed E-state index contributed by atoms with van der Waals surface area (Å²) in [7, 11) is 3.10. The lowest BCUT2D eigenvalue weighted by Gasteiger charge is -2.17. The smallest absolute Gasteiger partial charge is 0.416 e. The third-order valence-electron chi connectivity index (χ3n) is 4.00. The number of aromatic nitrogens is 3. The molecule has 0 bridgehead atoms. The summed E-state index contributed by atoms with van der Waals surface area (Å²) in [4.78, 5) is 18.0. The van der Waals surface area contributed by atoms with E-state index in [0.717, 1.165) is 18.3 Å². The molecule has 1 saturated heterocycles. The van der Waals surface area contributed by atoms with Crippen LogP contribution in [0.15, 0.2) is 24.5 Å². The molecule has 0 aromatic carbocycles. The molecule has 1 fully saturated rings. The summed E-state index contributed by atoms with van der Waals surface area (Å²) in [5.41, 5.74) is -0.499. The van der Waals surface area contributed by atoms with Crippen molar-refractivity contribution in [2.45, 2.75) is 18.7 Å². The number of carbonyl (C=O) groups excluding carboxylic acids is 1. The van der Waals surface area contributed by atoms with Crippen LogP contribution in [0.5, 0.6) is 11.8 Å². The van der Waals surface area contributed by atoms with Crippen molar-refractivity contribution < 1.29 is 27.4 Å². The van der Waals surface area contributed by atoms with Crippen LogP contribution < -0.4 is 9.47 Å². The van der Waals surface area contributed by atoms with E-state index in [0.29, 0.717) is 18.5 Å². The van der Waals surface area contributed by atoms with Crippen LogP contribution >= 0.6 is 0 Å². The number of alkyl halides is 3. The first-order valence-corrected chi connectivity index (χ1v) is 7.84. The Bertz CT molecular complexity index is 806. The first-order chi connectivity index (χ1) is 12.3. The Morgan fingerprint density at radius 1 is 1.38 bits per heavy atom. The summed E-state index contributed by atoms with van der Waals surface area (Å²) in [5, 5.41) is 4.04. The standard InChI is InChI=1S/C16H17F3N4O3/c1-22-9-12(14(21-22)25-2)15(24)23-6-4-11(8-23)26-13-7-10(3-5-20-13)16(17,18)19/h3,5,7,9,11H,4,6,8H2,1-2H3. The van der Waals surface area contributed by atoms with Gasteiger partial charge in [-0.05, 0) is 6.07 Å². The lowest BCUT2D eigenvalue weighted by molar-refractivity contribution is -0.137. The molecule has 3 rings (SSSR count). The summed E-state index contributed by atoms with van der Waals surface area (Å²) in [6.07, 6.45) is -1.79. The predicted molar refractivity (Wildman–Crippen MR) is 83.9 cm³/mol. The maximum Gasteiger partial charge on any atom is 0.416 e. The number of likely N-dealkylation sites (tertiary alicyclic amines) is 1. The molecular weight excluding hydrogens is 353 g/mol. The number of carbonyl (C=O) groups is 1. The number of ether oxygens (including phenoxy) is 2.